The van der Waals surface area contributed by atoms with Crippen molar-refractivity contribution >= 4 is 35.4 Å². The number of ketones is 1. The van der Waals surface area contributed by atoms with E-state index in [4.69, 9.17) is 21.1 Å². The average Bonchev–Trinajstić information content (AvgIpc) is 2.94. The fourth-order valence-electron chi connectivity index (χ4n) is 2.70. The van der Waals surface area contributed by atoms with Crippen LogP contribution in [-0.2, 0) is 14.3 Å². The van der Waals surface area contributed by atoms with E-state index in [1.54, 1.807) is 13.8 Å². The molecule has 0 fully saturated rings. The number of methoxy groups -OCH3 is 1. The maximum absolute atomic E-state index is 13.7. The third kappa shape index (κ3) is 4.48. The number of halogens is 2. The van der Waals surface area contributed by atoms with Crippen LogP contribution in [0.15, 0.2) is 24.3 Å². The van der Waals surface area contributed by atoms with Crippen molar-refractivity contribution < 1.29 is 28.2 Å². The van der Waals surface area contributed by atoms with Gasteiger partial charge in [-0.05, 0) is 44.5 Å². The minimum absolute atomic E-state index is 0.0404. The second kappa shape index (κ2) is 8.84. The van der Waals surface area contributed by atoms with Crippen LogP contribution in [0.25, 0.3) is 6.08 Å². The number of nitrogens with one attached hydrogen (secondary N) is 1. The first-order chi connectivity index (χ1) is 13.2. The molecule has 0 saturated carbocycles. The summed E-state index contributed by atoms with van der Waals surface area (Å²) >= 11 is 5.88. The van der Waals surface area contributed by atoms with Gasteiger partial charge in [0.05, 0.1) is 23.4 Å². The number of ether oxygens (including phenoxy) is 2. The summed E-state index contributed by atoms with van der Waals surface area (Å²) in [6.07, 6.45) is 1.03. The van der Waals surface area contributed by atoms with Crippen LogP contribution in [0.4, 0.5) is 4.39 Å². The highest BCUT2D eigenvalue weighted by Gasteiger charge is 2.27. The topological polar surface area (TPSA) is 85.5 Å². The van der Waals surface area contributed by atoms with E-state index in [2.05, 4.69) is 4.98 Å². The summed E-state index contributed by atoms with van der Waals surface area (Å²) in [6.45, 7) is 4.63. The van der Waals surface area contributed by atoms with Crippen molar-refractivity contribution in [1.29, 1.82) is 0 Å². The van der Waals surface area contributed by atoms with Gasteiger partial charge < -0.3 is 14.5 Å². The quantitative estimate of drug-likeness (QED) is 0.443. The molecule has 8 heteroatoms. The maximum atomic E-state index is 13.7. The number of hydrogen-bond acceptors (Lipinski definition) is 5. The van der Waals surface area contributed by atoms with E-state index in [0.29, 0.717) is 11.3 Å². The second-order valence-corrected chi connectivity index (χ2v) is 6.44. The van der Waals surface area contributed by atoms with Crippen LogP contribution < -0.4 is 0 Å². The molecule has 0 radical (unpaired) electrons. The largest absolute Gasteiger partial charge is 0.465 e. The van der Waals surface area contributed by atoms with E-state index in [9.17, 15) is 18.8 Å². The number of hydrogen-bond donors (Lipinski definition) is 1. The van der Waals surface area contributed by atoms with Crippen LogP contribution in [0.2, 0.25) is 5.02 Å². The molecule has 0 saturated heterocycles. The van der Waals surface area contributed by atoms with Crippen molar-refractivity contribution in [1.82, 2.24) is 4.98 Å². The number of aromatic nitrogens is 1. The van der Waals surface area contributed by atoms with E-state index in [1.807, 2.05) is 0 Å². The SMILES string of the molecule is COC(=O)c1c(C)[nH]c(C(=O)[C@@H](C)OC(=O)/C=C/c2c(F)cccc2Cl)c1C. The molecule has 0 amide bonds. The van der Waals surface area contributed by atoms with Gasteiger partial charge in [-0.15, -0.1) is 0 Å². The molecule has 1 heterocycles. The first-order valence-corrected chi connectivity index (χ1v) is 8.69. The van der Waals surface area contributed by atoms with E-state index in [-0.39, 0.29) is 21.8 Å². The summed E-state index contributed by atoms with van der Waals surface area (Å²) in [5.74, 6) is -2.51. The Hall–Kier alpha value is -2.93. The van der Waals surface area contributed by atoms with E-state index < -0.39 is 29.6 Å². The van der Waals surface area contributed by atoms with Gasteiger partial charge >= 0.3 is 11.9 Å². The smallest absolute Gasteiger partial charge is 0.339 e. The van der Waals surface area contributed by atoms with Gasteiger partial charge in [0.25, 0.3) is 0 Å². The summed E-state index contributed by atoms with van der Waals surface area (Å²) in [4.78, 5) is 39.2. The summed E-state index contributed by atoms with van der Waals surface area (Å²) in [5.41, 5.74) is 1.34. The molecule has 2 aromatic rings. The normalized spacial score (nSPS) is 12.1. The van der Waals surface area contributed by atoms with Crippen molar-refractivity contribution in [2.45, 2.75) is 26.9 Å². The van der Waals surface area contributed by atoms with Crippen LogP contribution in [-0.4, -0.2) is 35.9 Å². The third-order valence-electron chi connectivity index (χ3n) is 4.12. The molecular formula is C20H19ClFNO5. The Morgan fingerprint density at radius 1 is 1.25 bits per heavy atom. The van der Waals surface area contributed by atoms with E-state index >= 15 is 0 Å². The van der Waals surface area contributed by atoms with Gasteiger partial charge in [-0.25, -0.2) is 14.0 Å². The van der Waals surface area contributed by atoms with Crippen LogP contribution in [0.3, 0.4) is 0 Å². The lowest BCUT2D eigenvalue weighted by Crippen LogP contribution is -2.24. The Labute approximate surface area is 166 Å². The van der Waals surface area contributed by atoms with Crippen molar-refractivity contribution in [3.8, 4) is 0 Å². The summed E-state index contributed by atoms with van der Waals surface area (Å²) < 4.78 is 23.5. The van der Waals surface area contributed by atoms with Gasteiger partial charge in [-0.2, -0.15) is 0 Å². The molecule has 0 spiro atoms. The number of benzene rings is 1. The molecule has 148 valence electrons. The van der Waals surface area contributed by atoms with Crippen molar-refractivity contribution in [2.24, 2.45) is 0 Å². The molecule has 1 aromatic carbocycles. The lowest BCUT2D eigenvalue weighted by atomic mass is 10.1. The fourth-order valence-corrected chi connectivity index (χ4v) is 2.92. The van der Waals surface area contributed by atoms with Gasteiger partial charge in [0, 0.05) is 17.3 Å². The predicted octanol–water partition coefficient (Wildman–Crippen LogP) is 4.04. The van der Waals surface area contributed by atoms with Gasteiger partial charge in [-0.1, -0.05) is 17.7 Å². The number of H-pyrrole nitrogens is 1. The first-order valence-electron chi connectivity index (χ1n) is 8.31. The summed E-state index contributed by atoms with van der Waals surface area (Å²) in [6, 6.07) is 4.13. The molecule has 28 heavy (non-hydrogen) atoms. The molecule has 0 bridgehead atoms. The molecule has 1 aromatic heterocycles. The van der Waals surface area contributed by atoms with Gasteiger partial charge in [0.2, 0.25) is 5.78 Å². The average molecular weight is 408 g/mol. The lowest BCUT2D eigenvalue weighted by Gasteiger charge is -2.10. The number of rotatable bonds is 6. The molecule has 0 aliphatic heterocycles. The minimum Gasteiger partial charge on any atom is -0.465 e. The molecule has 1 atom stereocenters. The highest BCUT2D eigenvalue weighted by atomic mass is 35.5. The number of Topliss-reactive ketones (excluding diaryl/α,β-unsaturated/α-hetero) is 1. The Morgan fingerprint density at radius 2 is 1.93 bits per heavy atom. The number of carbonyl (C=O) groups excluding carboxylic acids is 3. The zero-order valence-corrected chi connectivity index (χ0v) is 16.5. The zero-order valence-electron chi connectivity index (χ0n) is 15.8. The highest BCUT2D eigenvalue weighted by Crippen LogP contribution is 2.22. The Bertz CT molecular complexity index is 943. The lowest BCUT2D eigenvalue weighted by molar-refractivity contribution is -0.140. The number of aromatic amines is 1. The van der Waals surface area contributed by atoms with Crippen molar-refractivity contribution in [3.05, 3.63) is 63.2 Å². The number of carbonyl (C=O) groups is 3. The zero-order chi connectivity index (χ0) is 21.0. The molecule has 0 unspecified atom stereocenters. The minimum atomic E-state index is -1.13. The van der Waals surface area contributed by atoms with Gasteiger partial charge in [0.1, 0.15) is 5.82 Å². The van der Waals surface area contributed by atoms with Crippen LogP contribution >= 0.6 is 11.6 Å². The monoisotopic (exact) mass is 407 g/mol. The van der Waals surface area contributed by atoms with Gasteiger partial charge in [-0.3, -0.25) is 4.79 Å². The van der Waals surface area contributed by atoms with Crippen LogP contribution in [0.1, 0.15) is 44.6 Å². The predicted molar refractivity (Wildman–Crippen MR) is 102 cm³/mol. The molecule has 6 nitrogen and oxygen atoms in total. The Morgan fingerprint density at radius 3 is 2.54 bits per heavy atom. The first kappa shape index (κ1) is 21.4. The van der Waals surface area contributed by atoms with E-state index in [0.717, 1.165) is 6.08 Å². The van der Waals surface area contributed by atoms with Crippen LogP contribution in [0.5, 0.6) is 0 Å². The molecule has 0 aliphatic rings. The fraction of sp³-hybridized carbons (Fsp3) is 0.250. The third-order valence-corrected chi connectivity index (χ3v) is 4.45. The van der Waals surface area contributed by atoms with Crippen molar-refractivity contribution in [2.75, 3.05) is 7.11 Å². The summed E-state index contributed by atoms with van der Waals surface area (Å²) in [7, 11) is 1.24. The molecular weight excluding hydrogens is 389 g/mol. The van der Waals surface area contributed by atoms with Gasteiger partial charge in [0.15, 0.2) is 6.10 Å². The number of esters is 2. The highest BCUT2D eigenvalue weighted by molar-refractivity contribution is 6.32. The van der Waals surface area contributed by atoms with Crippen molar-refractivity contribution in [3.63, 3.8) is 0 Å². The molecule has 0 aliphatic carbocycles. The molecule has 2 rings (SSSR count). The van der Waals surface area contributed by atoms with E-state index in [1.165, 1.54) is 38.3 Å². The molecule has 1 N–H and O–H groups in total. The standard InChI is InChI=1S/C20H19ClFNO5/c1-10-17(20(26)27-4)11(2)23-18(10)19(25)12(3)28-16(24)9-8-13-14(21)6-5-7-15(13)22/h5-9,12,23H,1-4H3/b9-8+/t12-/m1/s1. The second-order valence-electron chi connectivity index (χ2n) is 6.03. The Kier molecular flexibility index (Phi) is 6.75. The van der Waals surface area contributed by atoms with Crippen LogP contribution in [0, 0.1) is 19.7 Å². The maximum Gasteiger partial charge on any atom is 0.339 e. The number of aryl methyl sites for hydroxylation is 1. The summed E-state index contributed by atoms with van der Waals surface area (Å²) in [5, 5.41) is 0.140. The Balaban J connectivity index is 2.13.